The van der Waals surface area contributed by atoms with Crippen LogP contribution in [0.25, 0.3) is 22.0 Å². The van der Waals surface area contributed by atoms with Crippen molar-refractivity contribution in [2.75, 3.05) is 0 Å². The van der Waals surface area contributed by atoms with Crippen LogP contribution >= 0.6 is 0 Å². The van der Waals surface area contributed by atoms with Crippen molar-refractivity contribution in [2.45, 2.75) is 0 Å². The molecule has 2 heteroatoms. The summed E-state index contributed by atoms with van der Waals surface area (Å²) in [6.07, 6.45) is 0. The molecule has 0 saturated carbocycles. The molecule has 0 fully saturated rings. The summed E-state index contributed by atoms with van der Waals surface area (Å²) >= 11 is 0.326. The average molecular weight is 257 g/mol. The summed E-state index contributed by atoms with van der Waals surface area (Å²) in [6, 6.07) is 14.8. The number of aromatic nitrogens is 1. The first-order valence-electron chi connectivity index (χ1n) is 4.75. The molecular weight excluding hydrogens is 249 g/mol. The van der Waals surface area contributed by atoms with E-state index < -0.39 is 0 Å². The first-order chi connectivity index (χ1) is 7.45. The van der Waals surface area contributed by atoms with Gasteiger partial charge in [-0.25, -0.2) is 0 Å². The van der Waals surface area contributed by atoms with Crippen molar-refractivity contribution < 1.29 is 0 Å². The van der Waals surface area contributed by atoms with E-state index in [1.54, 1.807) is 0 Å². The molecule has 0 bridgehead atoms. The van der Waals surface area contributed by atoms with Gasteiger partial charge >= 0.3 is 94.0 Å². The fourth-order valence-corrected chi connectivity index (χ4v) is 2.80. The Morgan fingerprint density at radius 2 is 1.87 bits per heavy atom. The van der Waals surface area contributed by atoms with Gasteiger partial charge in [0.15, 0.2) is 0 Å². The summed E-state index contributed by atoms with van der Waals surface area (Å²) < 4.78 is 0. The molecule has 15 heavy (non-hydrogen) atoms. The zero-order valence-corrected chi connectivity index (χ0v) is 9.69. The molecule has 3 rings (SSSR count). The molecule has 0 atom stereocenters. The van der Waals surface area contributed by atoms with E-state index in [0.29, 0.717) is 14.5 Å². The first-order valence-corrected chi connectivity index (χ1v) is 6.59. The van der Waals surface area contributed by atoms with Gasteiger partial charge in [0.1, 0.15) is 0 Å². The van der Waals surface area contributed by atoms with Crippen molar-refractivity contribution in [3.63, 3.8) is 0 Å². The average Bonchev–Trinajstić information content (AvgIpc) is 2.82. The third kappa shape index (κ3) is 1.52. The van der Waals surface area contributed by atoms with Crippen molar-refractivity contribution >= 4 is 25.3 Å². The van der Waals surface area contributed by atoms with Crippen LogP contribution < -0.4 is 0 Å². The summed E-state index contributed by atoms with van der Waals surface area (Å²) in [5, 5.41) is 5.57. The first kappa shape index (κ1) is 8.90. The zero-order chi connectivity index (χ0) is 10.1. The fourth-order valence-electron chi connectivity index (χ4n) is 1.76. The Bertz CT molecular complexity index is 579. The second-order valence-electron chi connectivity index (χ2n) is 3.35. The van der Waals surface area contributed by atoms with Crippen LogP contribution in [-0.4, -0.2) is 19.5 Å². The van der Waals surface area contributed by atoms with E-state index in [0.717, 1.165) is 5.69 Å². The summed E-state index contributed by atoms with van der Waals surface area (Å²) in [5.74, 6) is 0. The van der Waals surface area contributed by atoms with E-state index in [4.69, 9.17) is 0 Å². The molecule has 0 aliphatic rings. The molecule has 0 N–H and O–H groups in total. The second-order valence-corrected chi connectivity index (χ2v) is 4.72. The fraction of sp³-hybridized carbons (Fsp3) is 0. The SMILES string of the molecule is [c]1nc(-c2cccc3ccccc23)c[se]1. The van der Waals surface area contributed by atoms with Crippen LogP contribution in [0.5, 0.6) is 0 Å². The quantitative estimate of drug-likeness (QED) is 0.611. The monoisotopic (exact) mass is 258 g/mol. The van der Waals surface area contributed by atoms with E-state index in [2.05, 4.69) is 57.5 Å². The maximum atomic E-state index is 4.29. The molecule has 0 aliphatic carbocycles. The van der Waals surface area contributed by atoms with Crippen molar-refractivity contribution in [2.24, 2.45) is 0 Å². The Morgan fingerprint density at radius 1 is 1.00 bits per heavy atom. The molecule has 0 unspecified atom stereocenters. The van der Waals surface area contributed by atoms with Gasteiger partial charge in [0, 0.05) is 0 Å². The summed E-state index contributed by atoms with van der Waals surface area (Å²) in [4.78, 5) is 6.47. The van der Waals surface area contributed by atoms with Gasteiger partial charge < -0.3 is 0 Å². The molecule has 0 aliphatic heterocycles. The van der Waals surface area contributed by atoms with E-state index in [-0.39, 0.29) is 0 Å². The molecule has 2 aromatic carbocycles. The summed E-state index contributed by atoms with van der Waals surface area (Å²) in [5.41, 5.74) is 2.30. The van der Waals surface area contributed by atoms with Gasteiger partial charge in [-0.15, -0.1) is 0 Å². The molecule has 1 heterocycles. The van der Waals surface area contributed by atoms with Gasteiger partial charge in [-0.3, -0.25) is 0 Å². The molecule has 0 amide bonds. The molecule has 71 valence electrons. The molecule has 1 radical (unpaired) electrons. The van der Waals surface area contributed by atoms with E-state index >= 15 is 0 Å². The Balaban J connectivity index is 2.36. The number of hydrogen-bond acceptors (Lipinski definition) is 1. The van der Waals surface area contributed by atoms with Crippen LogP contribution in [0.15, 0.2) is 47.4 Å². The second kappa shape index (κ2) is 3.65. The minimum absolute atomic E-state index is 0.326. The van der Waals surface area contributed by atoms with Gasteiger partial charge in [-0.1, -0.05) is 0 Å². The van der Waals surface area contributed by atoms with E-state index in [1.165, 1.54) is 16.3 Å². The summed E-state index contributed by atoms with van der Waals surface area (Å²) in [7, 11) is 0. The molecule has 3 aromatic rings. The standard InChI is InChI=1S/C13H8NSe/c1-2-6-11-10(4-1)5-3-7-12(11)13-8-15-9-14-13/h1-8H. The third-order valence-corrected chi connectivity index (χ3v) is 3.58. The predicted molar refractivity (Wildman–Crippen MR) is 63.0 cm³/mol. The van der Waals surface area contributed by atoms with Crippen LogP contribution in [0.4, 0.5) is 0 Å². The van der Waals surface area contributed by atoms with Gasteiger partial charge in [-0.2, -0.15) is 0 Å². The topological polar surface area (TPSA) is 12.9 Å². The third-order valence-electron chi connectivity index (χ3n) is 2.45. The molecular formula is C13H8NSe. The normalized spacial score (nSPS) is 10.7. The minimum atomic E-state index is 0.326. The van der Waals surface area contributed by atoms with E-state index in [1.807, 2.05) is 0 Å². The molecule has 1 nitrogen and oxygen atoms in total. The summed E-state index contributed by atoms with van der Waals surface area (Å²) in [6.45, 7) is 0. The predicted octanol–water partition coefficient (Wildman–Crippen LogP) is 2.76. The van der Waals surface area contributed by atoms with Crippen molar-refractivity contribution in [3.05, 3.63) is 52.5 Å². The van der Waals surface area contributed by atoms with Crippen LogP contribution in [-0.2, 0) is 0 Å². The number of rotatable bonds is 1. The Hall–Kier alpha value is -1.37. The molecule has 1 aromatic heterocycles. The van der Waals surface area contributed by atoms with Gasteiger partial charge in [0.2, 0.25) is 0 Å². The molecule has 0 saturated heterocycles. The zero-order valence-electron chi connectivity index (χ0n) is 7.97. The van der Waals surface area contributed by atoms with Crippen LogP contribution in [0.1, 0.15) is 0 Å². The Labute approximate surface area is 94.1 Å². The van der Waals surface area contributed by atoms with Gasteiger partial charge in [0.25, 0.3) is 0 Å². The number of hydrogen-bond donors (Lipinski definition) is 0. The van der Waals surface area contributed by atoms with Crippen LogP contribution in [0.2, 0.25) is 0 Å². The number of nitrogens with zero attached hydrogens (tertiary/aromatic N) is 1. The van der Waals surface area contributed by atoms with Crippen molar-refractivity contribution in [3.8, 4) is 11.3 Å². The van der Waals surface area contributed by atoms with Gasteiger partial charge in [-0.05, 0) is 0 Å². The Kier molecular flexibility index (Phi) is 2.17. The van der Waals surface area contributed by atoms with Crippen molar-refractivity contribution in [1.82, 2.24) is 4.98 Å². The number of benzene rings is 2. The Morgan fingerprint density at radius 3 is 2.73 bits per heavy atom. The van der Waals surface area contributed by atoms with E-state index in [9.17, 15) is 0 Å². The van der Waals surface area contributed by atoms with Crippen molar-refractivity contribution in [1.29, 1.82) is 0 Å². The van der Waals surface area contributed by atoms with Crippen LogP contribution in [0.3, 0.4) is 0 Å². The molecule has 0 spiro atoms. The van der Waals surface area contributed by atoms with Crippen LogP contribution in [0, 0.1) is 5.07 Å². The van der Waals surface area contributed by atoms with Gasteiger partial charge in [0.05, 0.1) is 0 Å². The maximum absolute atomic E-state index is 4.29. The number of fused-ring (bicyclic) bond motifs is 1.